The van der Waals surface area contributed by atoms with Crippen LogP contribution in [0.1, 0.15) is 12.5 Å². The predicted molar refractivity (Wildman–Crippen MR) is 78.1 cm³/mol. The predicted octanol–water partition coefficient (Wildman–Crippen LogP) is 1.36. The molecule has 2 aromatic rings. The Morgan fingerprint density at radius 1 is 1.25 bits per heavy atom. The van der Waals surface area contributed by atoms with Gasteiger partial charge in [0.15, 0.2) is 0 Å². The Morgan fingerprint density at radius 2 is 2.00 bits per heavy atom. The maximum Gasteiger partial charge on any atom is 0.261 e. The quantitative estimate of drug-likeness (QED) is 0.673. The molecule has 1 aromatic carbocycles. The number of hydrogen-bond acceptors (Lipinski definition) is 4. The summed E-state index contributed by atoms with van der Waals surface area (Å²) in [4.78, 5) is 0.242. The number of aromatic nitrogens is 2. The lowest BCUT2D eigenvalue weighted by molar-refractivity contribution is 0.601. The SMILES string of the molecule is CCNCCc1ccc(S(=O)(=O)Nc2cn[nH]c2)cc1. The van der Waals surface area contributed by atoms with Gasteiger partial charge in [-0.15, -0.1) is 0 Å². The van der Waals surface area contributed by atoms with Crippen LogP contribution in [-0.2, 0) is 16.4 Å². The average Bonchev–Trinajstić information content (AvgIpc) is 2.92. The zero-order valence-electron chi connectivity index (χ0n) is 11.3. The van der Waals surface area contributed by atoms with Gasteiger partial charge in [0.25, 0.3) is 10.0 Å². The summed E-state index contributed by atoms with van der Waals surface area (Å²) in [5.41, 5.74) is 1.52. The van der Waals surface area contributed by atoms with Gasteiger partial charge in [0.2, 0.25) is 0 Å². The van der Waals surface area contributed by atoms with Gasteiger partial charge in [-0.05, 0) is 37.2 Å². The monoisotopic (exact) mass is 294 g/mol. The van der Waals surface area contributed by atoms with Crippen LogP contribution in [0.2, 0.25) is 0 Å². The van der Waals surface area contributed by atoms with E-state index in [4.69, 9.17) is 0 Å². The molecule has 0 saturated carbocycles. The maximum absolute atomic E-state index is 12.1. The van der Waals surface area contributed by atoms with Crippen molar-refractivity contribution in [2.24, 2.45) is 0 Å². The summed E-state index contributed by atoms with van der Waals surface area (Å²) in [6.07, 6.45) is 3.79. The molecular formula is C13H18N4O2S. The van der Waals surface area contributed by atoms with Gasteiger partial charge in [-0.2, -0.15) is 5.10 Å². The third-order valence-electron chi connectivity index (χ3n) is 2.82. The highest BCUT2D eigenvalue weighted by molar-refractivity contribution is 7.92. The van der Waals surface area contributed by atoms with Crippen LogP contribution in [-0.4, -0.2) is 31.7 Å². The number of likely N-dealkylation sites (N-methyl/N-ethyl adjacent to an activating group) is 1. The topological polar surface area (TPSA) is 86.9 Å². The second-order valence-corrected chi connectivity index (χ2v) is 6.02. The van der Waals surface area contributed by atoms with Crippen molar-refractivity contribution in [3.8, 4) is 0 Å². The van der Waals surface area contributed by atoms with Crippen molar-refractivity contribution in [1.29, 1.82) is 0 Å². The molecule has 0 amide bonds. The molecule has 0 spiro atoms. The molecule has 0 saturated heterocycles. The minimum absolute atomic E-state index is 0.242. The van der Waals surface area contributed by atoms with Crippen LogP contribution in [0.3, 0.4) is 0 Å². The van der Waals surface area contributed by atoms with Crippen molar-refractivity contribution in [2.45, 2.75) is 18.2 Å². The number of nitrogens with zero attached hydrogens (tertiary/aromatic N) is 1. The fourth-order valence-electron chi connectivity index (χ4n) is 1.77. The number of anilines is 1. The van der Waals surface area contributed by atoms with Crippen LogP contribution in [0.15, 0.2) is 41.6 Å². The number of benzene rings is 1. The Labute approximate surface area is 118 Å². The van der Waals surface area contributed by atoms with E-state index in [0.29, 0.717) is 5.69 Å². The molecule has 1 aromatic heterocycles. The second kappa shape index (κ2) is 6.53. The van der Waals surface area contributed by atoms with Crippen LogP contribution in [0.5, 0.6) is 0 Å². The van der Waals surface area contributed by atoms with E-state index in [1.807, 2.05) is 12.1 Å². The van der Waals surface area contributed by atoms with Gasteiger partial charge in [-0.25, -0.2) is 8.42 Å². The van der Waals surface area contributed by atoms with Crippen LogP contribution in [0.25, 0.3) is 0 Å². The van der Waals surface area contributed by atoms with E-state index in [-0.39, 0.29) is 4.90 Å². The summed E-state index contributed by atoms with van der Waals surface area (Å²) in [7, 11) is -3.55. The lowest BCUT2D eigenvalue weighted by Crippen LogP contribution is -2.16. The fourth-order valence-corrected chi connectivity index (χ4v) is 2.80. The van der Waals surface area contributed by atoms with Crippen LogP contribution >= 0.6 is 0 Å². The van der Waals surface area contributed by atoms with Crippen molar-refractivity contribution < 1.29 is 8.42 Å². The van der Waals surface area contributed by atoms with Gasteiger partial charge in [-0.3, -0.25) is 9.82 Å². The van der Waals surface area contributed by atoms with Crippen LogP contribution < -0.4 is 10.0 Å². The zero-order chi connectivity index (χ0) is 14.4. The van der Waals surface area contributed by atoms with Crippen molar-refractivity contribution >= 4 is 15.7 Å². The lowest BCUT2D eigenvalue weighted by Gasteiger charge is -2.07. The van der Waals surface area contributed by atoms with E-state index in [2.05, 4.69) is 27.2 Å². The number of H-pyrrole nitrogens is 1. The fraction of sp³-hybridized carbons (Fsp3) is 0.308. The van der Waals surface area contributed by atoms with E-state index < -0.39 is 10.0 Å². The molecule has 6 nitrogen and oxygen atoms in total. The molecule has 0 fully saturated rings. The highest BCUT2D eigenvalue weighted by Crippen LogP contribution is 2.15. The molecule has 20 heavy (non-hydrogen) atoms. The van der Waals surface area contributed by atoms with Crippen molar-refractivity contribution in [1.82, 2.24) is 15.5 Å². The third kappa shape index (κ3) is 3.82. The minimum atomic E-state index is -3.55. The maximum atomic E-state index is 12.1. The first kappa shape index (κ1) is 14.5. The number of rotatable bonds is 7. The van der Waals surface area contributed by atoms with Crippen LogP contribution in [0.4, 0.5) is 5.69 Å². The molecule has 0 aliphatic heterocycles. The normalized spacial score (nSPS) is 11.4. The second-order valence-electron chi connectivity index (χ2n) is 4.34. The third-order valence-corrected chi connectivity index (χ3v) is 4.22. The number of nitrogens with one attached hydrogen (secondary N) is 3. The Kier molecular flexibility index (Phi) is 4.75. The first-order valence-electron chi connectivity index (χ1n) is 6.43. The van der Waals surface area contributed by atoms with E-state index >= 15 is 0 Å². The van der Waals surface area contributed by atoms with E-state index in [1.54, 1.807) is 12.1 Å². The first-order valence-corrected chi connectivity index (χ1v) is 7.91. The number of hydrogen-bond donors (Lipinski definition) is 3. The van der Waals surface area contributed by atoms with Gasteiger partial charge >= 0.3 is 0 Å². The molecule has 3 N–H and O–H groups in total. The molecule has 0 aliphatic carbocycles. The largest absolute Gasteiger partial charge is 0.317 e. The van der Waals surface area contributed by atoms with Gasteiger partial charge in [-0.1, -0.05) is 19.1 Å². The van der Waals surface area contributed by atoms with Gasteiger partial charge in [0.05, 0.1) is 16.8 Å². The number of sulfonamides is 1. The summed E-state index contributed by atoms with van der Waals surface area (Å²) in [6.45, 7) is 3.87. The lowest BCUT2D eigenvalue weighted by atomic mass is 10.1. The standard InChI is InChI=1S/C13H18N4O2S/c1-2-14-8-7-11-3-5-13(6-4-11)20(18,19)17-12-9-15-16-10-12/h3-6,9-10,14,17H,2,7-8H2,1H3,(H,15,16). The molecular weight excluding hydrogens is 276 g/mol. The summed E-state index contributed by atoms with van der Waals surface area (Å²) in [6, 6.07) is 6.90. The number of aromatic amines is 1. The molecule has 0 bridgehead atoms. The van der Waals surface area contributed by atoms with Crippen molar-refractivity contribution in [3.63, 3.8) is 0 Å². The molecule has 0 radical (unpaired) electrons. The van der Waals surface area contributed by atoms with Gasteiger partial charge < -0.3 is 5.32 Å². The van der Waals surface area contributed by atoms with E-state index in [9.17, 15) is 8.42 Å². The zero-order valence-corrected chi connectivity index (χ0v) is 12.1. The smallest absolute Gasteiger partial charge is 0.261 e. The molecule has 0 unspecified atom stereocenters. The highest BCUT2D eigenvalue weighted by Gasteiger charge is 2.14. The van der Waals surface area contributed by atoms with Crippen molar-refractivity contribution in [3.05, 3.63) is 42.2 Å². The van der Waals surface area contributed by atoms with E-state index in [1.165, 1.54) is 12.4 Å². The minimum Gasteiger partial charge on any atom is -0.317 e. The van der Waals surface area contributed by atoms with Crippen molar-refractivity contribution in [2.75, 3.05) is 17.8 Å². The highest BCUT2D eigenvalue weighted by atomic mass is 32.2. The Hall–Kier alpha value is -1.86. The Balaban J connectivity index is 2.05. The average molecular weight is 294 g/mol. The molecule has 7 heteroatoms. The molecule has 0 atom stereocenters. The van der Waals surface area contributed by atoms with Crippen LogP contribution in [0, 0.1) is 0 Å². The summed E-state index contributed by atoms with van der Waals surface area (Å²) in [5, 5.41) is 9.49. The molecule has 2 rings (SSSR count). The molecule has 108 valence electrons. The summed E-state index contributed by atoms with van der Waals surface area (Å²) < 4.78 is 26.7. The molecule has 1 heterocycles. The summed E-state index contributed by atoms with van der Waals surface area (Å²) >= 11 is 0. The van der Waals surface area contributed by atoms with E-state index in [0.717, 1.165) is 25.1 Å². The summed E-state index contributed by atoms with van der Waals surface area (Å²) in [5.74, 6) is 0. The Bertz CT molecular complexity index is 621. The first-order chi connectivity index (χ1) is 9.62. The molecule has 0 aliphatic rings. The Morgan fingerprint density at radius 3 is 2.60 bits per heavy atom. The van der Waals surface area contributed by atoms with Gasteiger partial charge in [0.1, 0.15) is 0 Å². The van der Waals surface area contributed by atoms with Gasteiger partial charge in [0, 0.05) is 6.20 Å².